The highest BCUT2D eigenvalue weighted by Crippen LogP contribution is 2.12. The number of anilines is 1. The summed E-state index contributed by atoms with van der Waals surface area (Å²) in [6, 6.07) is 3.32. The van der Waals surface area contributed by atoms with E-state index >= 15 is 0 Å². The molecule has 0 aliphatic carbocycles. The molecule has 1 fully saturated rings. The fourth-order valence-electron chi connectivity index (χ4n) is 2.05. The van der Waals surface area contributed by atoms with Crippen LogP contribution in [0.4, 0.5) is 11.5 Å². The maximum Gasteiger partial charge on any atom is 0.287 e. The molecule has 19 heavy (non-hydrogen) atoms. The molecule has 1 N–H and O–H groups in total. The van der Waals surface area contributed by atoms with Gasteiger partial charge in [0.1, 0.15) is 12.0 Å². The van der Waals surface area contributed by atoms with E-state index in [9.17, 15) is 10.1 Å². The maximum atomic E-state index is 10.5. The topological polar surface area (TPSA) is 80.5 Å². The van der Waals surface area contributed by atoms with Crippen LogP contribution in [-0.4, -0.2) is 53.7 Å². The quantitative estimate of drug-likeness (QED) is 0.635. The average molecular weight is 266 g/mol. The van der Waals surface area contributed by atoms with Crippen molar-refractivity contribution in [3.63, 3.8) is 0 Å². The lowest BCUT2D eigenvalue weighted by Gasteiger charge is -2.29. The fraction of sp³-hybridized carbons (Fsp3) is 0.583. The molecule has 7 heteroatoms. The molecule has 104 valence electrons. The molecule has 1 saturated heterocycles. The van der Waals surface area contributed by atoms with Crippen LogP contribution in [0.5, 0.6) is 0 Å². The van der Waals surface area contributed by atoms with E-state index in [4.69, 9.17) is 4.74 Å². The highest BCUT2D eigenvalue weighted by Gasteiger charge is 2.14. The second-order valence-corrected chi connectivity index (χ2v) is 4.62. The fourth-order valence-corrected chi connectivity index (χ4v) is 2.05. The van der Waals surface area contributed by atoms with E-state index in [1.54, 1.807) is 6.07 Å². The summed E-state index contributed by atoms with van der Waals surface area (Å²) in [5.41, 5.74) is 0.00591. The molecule has 1 aromatic rings. The number of nitrogens with zero attached hydrogens (tertiary/aromatic N) is 3. The number of hydrogen-bond acceptors (Lipinski definition) is 6. The Morgan fingerprint density at radius 1 is 1.53 bits per heavy atom. The molecule has 1 aliphatic heterocycles. The minimum Gasteiger partial charge on any atom is -0.379 e. The van der Waals surface area contributed by atoms with Crippen LogP contribution in [-0.2, 0) is 4.74 Å². The van der Waals surface area contributed by atoms with Crippen LogP contribution in [0.25, 0.3) is 0 Å². The summed E-state index contributed by atoms with van der Waals surface area (Å²) >= 11 is 0. The number of morpholine rings is 1. The van der Waals surface area contributed by atoms with Crippen molar-refractivity contribution in [3.05, 3.63) is 28.4 Å². The number of nitrogens with one attached hydrogen (secondary N) is 1. The largest absolute Gasteiger partial charge is 0.379 e. The SMILES string of the molecule is C[C@@H](CN1CCOCC1)Nc1ccc([N+](=O)[O-])cn1. The molecule has 2 heterocycles. The zero-order valence-electron chi connectivity index (χ0n) is 10.9. The first-order valence-corrected chi connectivity index (χ1v) is 6.32. The zero-order valence-corrected chi connectivity index (χ0v) is 10.9. The minimum atomic E-state index is -0.450. The third kappa shape index (κ3) is 4.15. The molecule has 2 rings (SSSR count). The molecule has 0 amide bonds. The summed E-state index contributed by atoms with van der Waals surface area (Å²) in [6.07, 6.45) is 1.27. The minimum absolute atomic E-state index is 0.00591. The third-order valence-electron chi connectivity index (χ3n) is 2.99. The van der Waals surface area contributed by atoms with Gasteiger partial charge in [0.15, 0.2) is 0 Å². The van der Waals surface area contributed by atoms with Crippen molar-refractivity contribution >= 4 is 11.5 Å². The van der Waals surface area contributed by atoms with Crippen molar-refractivity contribution in [2.45, 2.75) is 13.0 Å². The Morgan fingerprint density at radius 2 is 2.26 bits per heavy atom. The molecule has 1 atom stereocenters. The van der Waals surface area contributed by atoms with Crippen LogP contribution in [0, 0.1) is 10.1 Å². The summed E-state index contributed by atoms with van der Waals surface area (Å²) < 4.78 is 5.30. The van der Waals surface area contributed by atoms with Crippen molar-refractivity contribution < 1.29 is 9.66 Å². The van der Waals surface area contributed by atoms with Gasteiger partial charge < -0.3 is 10.1 Å². The molecular formula is C12H18N4O3. The number of hydrogen-bond donors (Lipinski definition) is 1. The van der Waals surface area contributed by atoms with Gasteiger partial charge >= 0.3 is 0 Å². The second-order valence-electron chi connectivity index (χ2n) is 4.62. The van der Waals surface area contributed by atoms with Gasteiger partial charge in [-0.3, -0.25) is 15.0 Å². The van der Waals surface area contributed by atoms with Crippen LogP contribution in [0.1, 0.15) is 6.92 Å². The number of ether oxygens (including phenoxy) is 1. The van der Waals surface area contributed by atoms with E-state index in [-0.39, 0.29) is 11.7 Å². The van der Waals surface area contributed by atoms with Gasteiger partial charge in [0.25, 0.3) is 5.69 Å². The van der Waals surface area contributed by atoms with Gasteiger partial charge in [-0.05, 0) is 13.0 Å². The molecule has 1 aromatic heterocycles. The van der Waals surface area contributed by atoms with Crippen LogP contribution in [0.15, 0.2) is 18.3 Å². The summed E-state index contributed by atoms with van der Waals surface area (Å²) in [5.74, 6) is 0.659. The lowest BCUT2D eigenvalue weighted by Crippen LogP contribution is -2.42. The number of pyridine rings is 1. The van der Waals surface area contributed by atoms with Crippen LogP contribution >= 0.6 is 0 Å². The molecule has 0 bridgehead atoms. The Morgan fingerprint density at radius 3 is 2.84 bits per heavy atom. The molecular weight excluding hydrogens is 248 g/mol. The van der Waals surface area contributed by atoms with Crippen molar-refractivity contribution in [3.8, 4) is 0 Å². The monoisotopic (exact) mass is 266 g/mol. The highest BCUT2D eigenvalue weighted by molar-refractivity contribution is 5.40. The van der Waals surface area contributed by atoms with Crippen molar-refractivity contribution in [1.82, 2.24) is 9.88 Å². The van der Waals surface area contributed by atoms with Gasteiger partial charge in [-0.2, -0.15) is 0 Å². The number of rotatable bonds is 5. The average Bonchev–Trinajstić information content (AvgIpc) is 2.40. The maximum absolute atomic E-state index is 10.5. The van der Waals surface area contributed by atoms with Gasteiger partial charge in [0, 0.05) is 31.7 Å². The predicted molar refractivity (Wildman–Crippen MR) is 71.2 cm³/mol. The Labute approximate surface area is 111 Å². The van der Waals surface area contributed by atoms with E-state index in [1.165, 1.54) is 12.3 Å². The number of nitro groups is 1. The molecule has 0 spiro atoms. The van der Waals surface area contributed by atoms with E-state index in [2.05, 4.69) is 22.1 Å². The Bertz CT molecular complexity index is 417. The van der Waals surface area contributed by atoms with Crippen LogP contribution in [0.2, 0.25) is 0 Å². The lowest BCUT2D eigenvalue weighted by atomic mass is 10.3. The summed E-state index contributed by atoms with van der Waals surface area (Å²) in [5, 5.41) is 13.8. The van der Waals surface area contributed by atoms with Crippen molar-refractivity contribution in [2.24, 2.45) is 0 Å². The summed E-state index contributed by atoms with van der Waals surface area (Å²) in [4.78, 5) is 16.4. The van der Waals surface area contributed by atoms with Gasteiger partial charge in [0.05, 0.1) is 18.1 Å². The van der Waals surface area contributed by atoms with Crippen LogP contribution in [0.3, 0.4) is 0 Å². The van der Waals surface area contributed by atoms with Gasteiger partial charge in [0.2, 0.25) is 0 Å². The Balaban J connectivity index is 1.83. The predicted octanol–water partition coefficient (Wildman–Crippen LogP) is 1.12. The van der Waals surface area contributed by atoms with E-state index in [0.29, 0.717) is 5.82 Å². The van der Waals surface area contributed by atoms with Crippen molar-refractivity contribution in [1.29, 1.82) is 0 Å². The molecule has 0 radical (unpaired) electrons. The summed E-state index contributed by atoms with van der Waals surface area (Å²) in [6.45, 7) is 6.42. The lowest BCUT2D eigenvalue weighted by molar-refractivity contribution is -0.385. The Kier molecular flexibility index (Phi) is 4.64. The summed E-state index contributed by atoms with van der Waals surface area (Å²) in [7, 11) is 0. The van der Waals surface area contributed by atoms with Crippen LogP contribution < -0.4 is 5.32 Å². The van der Waals surface area contributed by atoms with E-state index in [0.717, 1.165) is 32.8 Å². The molecule has 0 aromatic carbocycles. The molecule has 1 aliphatic rings. The standard InChI is InChI=1S/C12H18N4O3/c1-10(9-15-4-6-19-7-5-15)14-12-3-2-11(8-13-12)16(17)18/h2-3,8,10H,4-7,9H2,1H3,(H,13,14)/t10-/m0/s1. The van der Waals surface area contributed by atoms with Gasteiger partial charge in [-0.1, -0.05) is 0 Å². The Hall–Kier alpha value is -1.73. The van der Waals surface area contributed by atoms with E-state index < -0.39 is 4.92 Å². The molecule has 0 unspecified atom stereocenters. The normalized spacial score (nSPS) is 17.9. The second kappa shape index (κ2) is 6.44. The smallest absolute Gasteiger partial charge is 0.287 e. The zero-order chi connectivity index (χ0) is 13.7. The first kappa shape index (κ1) is 13.7. The number of aromatic nitrogens is 1. The van der Waals surface area contributed by atoms with Crippen molar-refractivity contribution in [2.75, 3.05) is 38.2 Å². The van der Waals surface area contributed by atoms with Gasteiger partial charge in [-0.25, -0.2) is 4.98 Å². The van der Waals surface area contributed by atoms with Gasteiger partial charge in [-0.15, -0.1) is 0 Å². The van der Waals surface area contributed by atoms with E-state index in [1.807, 2.05) is 0 Å². The third-order valence-corrected chi connectivity index (χ3v) is 2.99. The highest BCUT2D eigenvalue weighted by atomic mass is 16.6. The molecule has 0 saturated carbocycles. The molecule has 7 nitrogen and oxygen atoms in total. The first-order chi connectivity index (χ1) is 9.15. The first-order valence-electron chi connectivity index (χ1n) is 6.32.